The molecule has 5 heteroatoms. The van der Waals surface area contributed by atoms with E-state index in [0.717, 1.165) is 41.9 Å². The number of pyridine rings is 1. The highest BCUT2D eigenvalue weighted by molar-refractivity contribution is 5.72. The van der Waals surface area contributed by atoms with Crippen molar-refractivity contribution < 1.29 is 4.74 Å². The molecule has 21 heavy (non-hydrogen) atoms. The third-order valence-corrected chi connectivity index (χ3v) is 3.82. The van der Waals surface area contributed by atoms with Gasteiger partial charge in [0.15, 0.2) is 5.65 Å². The number of imidazole rings is 1. The van der Waals surface area contributed by atoms with Crippen molar-refractivity contribution in [1.82, 2.24) is 14.5 Å². The Hall–Kier alpha value is -1.46. The molecule has 5 nitrogen and oxygen atoms in total. The molecule has 2 aromatic heterocycles. The van der Waals surface area contributed by atoms with Gasteiger partial charge in [-0.05, 0) is 31.4 Å². The van der Waals surface area contributed by atoms with Crippen LogP contribution in [-0.4, -0.2) is 34.3 Å². The lowest BCUT2D eigenvalue weighted by molar-refractivity contribution is 0.133. The van der Waals surface area contributed by atoms with Crippen LogP contribution in [-0.2, 0) is 11.3 Å². The van der Waals surface area contributed by atoms with Gasteiger partial charge in [0.1, 0.15) is 11.3 Å². The highest BCUT2D eigenvalue weighted by Crippen LogP contribution is 2.26. The second-order valence-electron chi connectivity index (χ2n) is 5.39. The van der Waals surface area contributed by atoms with Crippen molar-refractivity contribution in [2.45, 2.75) is 46.1 Å². The van der Waals surface area contributed by atoms with Crippen LogP contribution in [0.2, 0.25) is 0 Å². The minimum atomic E-state index is 0.467. The molecule has 0 radical (unpaired) electrons. The van der Waals surface area contributed by atoms with E-state index in [9.17, 15) is 0 Å². The Kier molecular flexibility index (Phi) is 5.70. The van der Waals surface area contributed by atoms with Gasteiger partial charge in [0.2, 0.25) is 0 Å². The van der Waals surface area contributed by atoms with Crippen LogP contribution < -0.4 is 5.73 Å². The zero-order valence-corrected chi connectivity index (χ0v) is 13.3. The average molecular weight is 290 g/mol. The van der Waals surface area contributed by atoms with Crippen molar-refractivity contribution in [3.63, 3.8) is 0 Å². The summed E-state index contributed by atoms with van der Waals surface area (Å²) in [6, 6.07) is 2.10. The minimum Gasteiger partial charge on any atom is -0.378 e. The molecular weight excluding hydrogens is 264 g/mol. The maximum absolute atomic E-state index is 5.53. The number of hydrogen-bond acceptors (Lipinski definition) is 4. The molecule has 0 aliphatic rings. The van der Waals surface area contributed by atoms with Crippen molar-refractivity contribution >= 4 is 11.2 Å². The summed E-state index contributed by atoms with van der Waals surface area (Å²) >= 11 is 0. The van der Waals surface area contributed by atoms with Crippen LogP contribution in [0.5, 0.6) is 0 Å². The van der Waals surface area contributed by atoms with Crippen LogP contribution in [0, 0.1) is 6.92 Å². The first-order chi connectivity index (χ1) is 10.2. The summed E-state index contributed by atoms with van der Waals surface area (Å²) in [7, 11) is 0. The molecule has 0 bridgehead atoms. The number of nitrogens with two attached hydrogens (primary N) is 1. The quantitative estimate of drug-likeness (QED) is 0.759. The molecule has 116 valence electrons. The van der Waals surface area contributed by atoms with Crippen molar-refractivity contribution in [3.05, 3.63) is 23.7 Å². The average Bonchev–Trinajstić information content (AvgIpc) is 2.83. The SMILES string of the molecule is CCC(CC)c1nc2cc(C)cnc2n1CCOCCN. The van der Waals surface area contributed by atoms with Crippen LogP contribution in [0.25, 0.3) is 11.2 Å². The molecule has 0 spiro atoms. The van der Waals surface area contributed by atoms with E-state index in [-0.39, 0.29) is 0 Å². The van der Waals surface area contributed by atoms with Crippen molar-refractivity contribution in [2.75, 3.05) is 19.8 Å². The Morgan fingerprint density at radius 3 is 2.71 bits per heavy atom. The number of fused-ring (bicyclic) bond motifs is 1. The summed E-state index contributed by atoms with van der Waals surface area (Å²) in [5, 5.41) is 0. The molecule has 0 aliphatic heterocycles. The van der Waals surface area contributed by atoms with Gasteiger partial charge in [-0.25, -0.2) is 9.97 Å². The van der Waals surface area contributed by atoms with E-state index in [1.807, 2.05) is 13.1 Å². The second kappa shape index (κ2) is 7.52. The topological polar surface area (TPSA) is 66.0 Å². The predicted molar refractivity (Wildman–Crippen MR) is 85.5 cm³/mol. The number of nitrogens with zero attached hydrogens (tertiary/aromatic N) is 3. The summed E-state index contributed by atoms with van der Waals surface area (Å²) in [4.78, 5) is 9.41. The largest absolute Gasteiger partial charge is 0.378 e. The first kappa shape index (κ1) is 15.9. The normalized spacial score (nSPS) is 11.7. The number of rotatable bonds is 8. The summed E-state index contributed by atoms with van der Waals surface area (Å²) in [6.45, 7) is 9.04. The highest BCUT2D eigenvalue weighted by atomic mass is 16.5. The second-order valence-corrected chi connectivity index (χ2v) is 5.39. The molecule has 0 saturated heterocycles. The fraction of sp³-hybridized carbons (Fsp3) is 0.625. The van der Waals surface area contributed by atoms with E-state index in [0.29, 0.717) is 25.7 Å². The van der Waals surface area contributed by atoms with Crippen LogP contribution in [0.15, 0.2) is 12.3 Å². The summed E-state index contributed by atoms with van der Waals surface area (Å²) in [5.41, 5.74) is 8.54. The smallest absolute Gasteiger partial charge is 0.160 e. The van der Waals surface area contributed by atoms with E-state index >= 15 is 0 Å². The van der Waals surface area contributed by atoms with Gasteiger partial charge in [-0.1, -0.05) is 13.8 Å². The lowest BCUT2D eigenvalue weighted by Crippen LogP contribution is -2.15. The third kappa shape index (κ3) is 3.60. The lowest BCUT2D eigenvalue weighted by Gasteiger charge is -2.15. The molecule has 0 saturated carbocycles. The summed E-state index contributed by atoms with van der Waals surface area (Å²) < 4.78 is 7.74. The molecule has 2 aromatic rings. The first-order valence-corrected chi connectivity index (χ1v) is 7.81. The van der Waals surface area contributed by atoms with Gasteiger partial charge >= 0.3 is 0 Å². The molecule has 0 fully saturated rings. The Morgan fingerprint density at radius 2 is 2.05 bits per heavy atom. The van der Waals surface area contributed by atoms with Gasteiger partial charge in [-0.15, -0.1) is 0 Å². The molecule has 2 heterocycles. The minimum absolute atomic E-state index is 0.467. The Labute approximate surface area is 126 Å². The Balaban J connectivity index is 2.34. The highest BCUT2D eigenvalue weighted by Gasteiger charge is 2.18. The number of ether oxygens (including phenoxy) is 1. The zero-order chi connectivity index (χ0) is 15.2. The molecular formula is C16H26N4O. The van der Waals surface area contributed by atoms with Crippen molar-refractivity contribution in [2.24, 2.45) is 5.73 Å². The van der Waals surface area contributed by atoms with E-state index in [4.69, 9.17) is 15.5 Å². The van der Waals surface area contributed by atoms with Gasteiger partial charge in [0.25, 0.3) is 0 Å². The van der Waals surface area contributed by atoms with E-state index in [1.165, 1.54) is 0 Å². The van der Waals surface area contributed by atoms with E-state index in [2.05, 4.69) is 29.5 Å². The van der Waals surface area contributed by atoms with Crippen LogP contribution in [0.1, 0.15) is 44.0 Å². The van der Waals surface area contributed by atoms with Crippen LogP contribution >= 0.6 is 0 Å². The maximum Gasteiger partial charge on any atom is 0.160 e. The zero-order valence-electron chi connectivity index (χ0n) is 13.3. The lowest BCUT2D eigenvalue weighted by atomic mass is 10.0. The van der Waals surface area contributed by atoms with Gasteiger partial charge in [0, 0.05) is 25.2 Å². The van der Waals surface area contributed by atoms with Crippen molar-refractivity contribution in [3.8, 4) is 0 Å². The standard InChI is InChI=1S/C16H26N4O/c1-4-13(5-2)15-19-14-10-12(3)11-18-16(14)20(15)7-9-21-8-6-17/h10-11,13H,4-9,17H2,1-3H3. The molecule has 0 amide bonds. The summed E-state index contributed by atoms with van der Waals surface area (Å²) in [5.74, 6) is 1.60. The number of aryl methyl sites for hydroxylation is 1. The van der Waals surface area contributed by atoms with Gasteiger partial charge in [-0.3, -0.25) is 0 Å². The Morgan fingerprint density at radius 1 is 1.29 bits per heavy atom. The van der Waals surface area contributed by atoms with E-state index < -0.39 is 0 Å². The molecule has 2 rings (SSSR count). The van der Waals surface area contributed by atoms with Gasteiger partial charge < -0.3 is 15.0 Å². The monoisotopic (exact) mass is 290 g/mol. The molecule has 0 aromatic carbocycles. The predicted octanol–water partition coefficient (Wildman–Crippen LogP) is 2.62. The first-order valence-electron chi connectivity index (χ1n) is 7.81. The third-order valence-electron chi connectivity index (χ3n) is 3.82. The fourth-order valence-corrected chi connectivity index (χ4v) is 2.66. The van der Waals surface area contributed by atoms with Crippen LogP contribution in [0.3, 0.4) is 0 Å². The fourth-order valence-electron chi connectivity index (χ4n) is 2.66. The maximum atomic E-state index is 5.53. The molecule has 2 N–H and O–H groups in total. The van der Waals surface area contributed by atoms with E-state index in [1.54, 1.807) is 0 Å². The number of hydrogen-bond donors (Lipinski definition) is 1. The Bertz CT molecular complexity index is 575. The number of aromatic nitrogens is 3. The molecule has 0 atom stereocenters. The van der Waals surface area contributed by atoms with Gasteiger partial charge in [0.05, 0.1) is 13.2 Å². The molecule has 0 unspecified atom stereocenters. The van der Waals surface area contributed by atoms with Gasteiger partial charge in [-0.2, -0.15) is 0 Å². The van der Waals surface area contributed by atoms with Crippen molar-refractivity contribution in [1.29, 1.82) is 0 Å². The summed E-state index contributed by atoms with van der Waals surface area (Å²) in [6.07, 6.45) is 4.07. The molecule has 0 aliphatic carbocycles. The van der Waals surface area contributed by atoms with Crippen LogP contribution in [0.4, 0.5) is 0 Å².